The maximum Gasteiger partial charge on any atom is 0.337 e. The first-order chi connectivity index (χ1) is 16.0. The van der Waals surface area contributed by atoms with Crippen LogP contribution in [0.5, 0.6) is 5.75 Å². The minimum absolute atomic E-state index is 0.167. The number of benzene rings is 3. The molecule has 6 heteroatoms. The van der Waals surface area contributed by atoms with Crippen molar-refractivity contribution in [1.82, 2.24) is 4.90 Å². The Kier molecular flexibility index (Phi) is 7.15. The Balaban J connectivity index is 1.42. The molecule has 0 unspecified atom stereocenters. The summed E-state index contributed by atoms with van der Waals surface area (Å²) in [5, 5.41) is 12.7. The second kappa shape index (κ2) is 10.4. The van der Waals surface area contributed by atoms with Crippen LogP contribution in [0, 0.1) is 0 Å². The van der Waals surface area contributed by atoms with Crippen LogP contribution in [0.2, 0.25) is 0 Å². The van der Waals surface area contributed by atoms with E-state index in [0.29, 0.717) is 11.4 Å². The van der Waals surface area contributed by atoms with Crippen LogP contribution in [0.3, 0.4) is 0 Å². The number of ether oxygens (including phenoxy) is 1. The number of carboxylic acids is 1. The van der Waals surface area contributed by atoms with Gasteiger partial charge in [-0.2, -0.15) is 0 Å². The summed E-state index contributed by atoms with van der Waals surface area (Å²) in [5.41, 5.74) is 5.03. The Labute approximate surface area is 195 Å². The molecule has 6 nitrogen and oxygen atoms in total. The molecule has 1 aliphatic rings. The van der Waals surface area contributed by atoms with E-state index in [2.05, 4.69) is 39.4 Å². The molecule has 1 heterocycles. The van der Waals surface area contributed by atoms with Crippen molar-refractivity contribution in [3.8, 4) is 5.75 Å². The van der Waals surface area contributed by atoms with Crippen LogP contribution in [0.25, 0.3) is 0 Å². The molecular formula is C27H31N3O3. The zero-order valence-corrected chi connectivity index (χ0v) is 19.3. The molecule has 33 heavy (non-hydrogen) atoms. The van der Waals surface area contributed by atoms with Crippen molar-refractivity contribution in [2.45, 2.75) is 25.8 Å². The van der Waals surface area contributed by atoms with Gasteiger partial charge in [-0.3, -0.25) is 4.90 Å². The zero-order valence-electron chi connectivity index (χ0n) is 19.3. The second-order valence-electron chi connectivity index (χ2n) is 8.45. The lowest BCUT2D eigenvalue weighted by Crippen LogP contribution is -2.29. The van der Waals surface area contributed by atoms with Gasteiger partial charge in [-0.05, 0) is 86.1 Å². The maximum atomic E-state index is 11.6. The number of carboxylic acid groups (broad SMARTS) is 1. The van der Waals surface area contributed by atoms with E-state index >= 15 is 0 Å². The summed E-state index contributed by atoms with van der Waals surface area (Å²) in [5.74, 6) is -0.492. The van der Waals surface area contributed by atoms with E-state index in [9.17, 15) is 9.90 Å². The van der Waals surface area contributed by atoms with Gasteiger partial charge in [0.15, 0.2) is 0 Å². The number of nitrogens with zero attached hydrogens (tertiary/aromatic N) is 2. The number of methoxy groups -OCH3 is 1. The third-order valence-electron chi connectivity index (χ3n) is 6.17. The average molecular weight is 446 g/mol. The lowest BCUT2D eigenvalue weighted by Gasteiger charge is -2.26. The molecule has 1 fully saturated rings. The minimum atomic E-state index is -1.00. The Morgan fingerprint density at radius 2 is 1.61 bits per heavy atom. The molecule has 0 amide bonds. The van der Waals surface area contributed by atoms with E-state index < -0.39 is 5.97 Å². The minimum Gasteiger partial charge on any atom is -0.497 e. The molecule has 0 radical (unpaired) electrons. The normalized spacial score (nSPS) is 14.0. The Bertz CT molecular complexity index is 1070. The predicted molar refractivity (Wildman–Crippen MR) is 133 cm³/mol. The smallest absolute Gasteiger partial charge is 0.337 e. The molecule has 172 valence electrons. The molecule has 3 aromatic rings. The SMILES string of the molecule is COc1ccc(Nc2ccc(N(C)c3ccc(CN4CCCCC4)cc3)cc2)c(C(=O)O)c1. The van der Waals surface area contributed by atoms with Gasteiger partial charge in [-0.25, -0.2) is 4.79 Å². The van der Waals surface area contributed by atoms with Crippen molar-refractivity contribution in [3.05, 3.63) is 77.9 Å². The largest absolute Gasteiger partial charge is 0.497 e. The van der Waals surface area contributed by atoms with Gasteiger partial charge < -0.3 is 20.1 Å². The number of nitrogens with one attached hydrogen (secondary N) is 1. The number of anilines is 4. The summed E-state index contributed by atoms with van der Waals surface area (Å²) in [6.45, 7) is 3.42. The Morgan fingerprint density at radius 1 is 0.970 bits per heavy atom. The summed E-state index contributed by atoms with van der Waals surface area (Å²) in [6.07, 6.45) is 3.97. The van der Waals surface area contributed by atoms with Gasteiger partial charge in [-0.1, -0.05) is 18.6 Å². The summed E-state index contributed by atoms with van der Waals surface area (Å²) < 4.78 is 5.14. The predicted octanol–water partition coefficient (Wildman–Crippen LogP) is 5.89. The number of hydrogen-bond acceptors (Lipinski definition) is 5. The van der Waals surface area contributed by atoms with E-state index in [1.165, 1.54) is 51.1 Å². The standard InChI is InChI=1S/C27H31N3O3/c1-29(22-10-6-20(7-11-22)19-30-16-4-3-5-17-30)23-12-8-21(9-13-23)28-26-15-14-24(33-2)18-25(26)27(31)32/h6-15,18,28H,3-5,16-17,19H2,1-2H3,(H,31,32). The number of carbonyl (C=O) groups is 1. The van der Waals surface area contributed by atoms with Crippen LogP contribution in [-0.2, 0) is 6.54 Å². The van der Waals surface area contributed by atoms with Crippen molar-refractivity contribution in [2.75, 3.05) is 37.5 Å². The Hall–Kier alpha value is -3.51. The van der Waals surface area contributed by atoms with Gasteiger partial charge in [-0.15, -0.1) is 0 Å². The van der Waals surface area contributed by atoms with Crippen molar-refractivity contribution >= 4 is 28.7 Å². The second-order valence-corrected chi connectivity index (χ2v) is 8.45. The van der Waals surface area contributed by atoms with Gasteiger partial charge in [0, 0.05) is 30.7 Å². The van der Waals surface area contributed by atoms with Crippen LogP contribution in [0.4, 0.5) is 22.7 Å². The number of hydrogen-bond donors (Lipinski definition) is 2. The van der Waals surface area contributed by atoms with Crippen LogP contribution >= 0.6 is 0 Å². The highest BCUT2D eigenvalue weighted by atomic mass is 16.5. The molecule has 1 aliphatic heterocycles. The van der Waals surface area contributed by atoms with Crippen LogP contribution < -0.4 is 15.0 Å². The number of aromatic carboxylic acids is 1. The number of likely N-dealkylation sites (tertiary alicyclic amines) is 1. The van der Waals surface area contributed by atoms with E-state index in [0.717, 1.165) is 23.6 Å². The first kappa shape index (κ1) is 22.7. The molecule has 0 spiro atoms. The van der Waals surface area contributed by atoms with Gasteiger partial charge in [0.2, 0.25) is 0 Å². The monoisotopic (exact) mass is 445 g/mol. The van der Waals surface area contributed by atoms with E-state index in [1.807, 2.05) is 31.3 Å². The molecule has 0 saturated carbocycles. The molecule has 1 saturated heterocycles. The van der Waals surface area contributed by atoms with Gasteiger partial charge in [0.25, 0.3) is 0 Å². The third kappa shape index (κ3) is 5.65. The first-order valence-electron chi connectivity index (χ1n) is 11.4. The van der Waals surface area contributed by atoms with Crippen molar-refractivity contribution in [2.24, 2.45) is 0 Å². The Morgan fingerprint density at radius 3 is 2.21 bits per heavy atom. The summed E-state index contributed by atoms with van der Waals surface area (Å²) >= 11 is 0. The highest BCUT2D eigenvalue weighted by Gasteiger charge is 2.13. The summed E-state index contributed by atoms with van der Waals surface area (Å²) in [6, 6.07) is 21.7. The lowest BCUT2D eigenvalue weighted by atomic mass is 10.1. The molecule has 0 aromatic heterocycles. The highest BCUT2D eigenvalue weighted by Crippen LogP contribution is 2.29. The maximum absolute atomic E-state index is 11.6. The quantitative estimate of drug-likeness (QED) is 0.451. The molecule has 0 bridgehead atoms. The van der Waals surface area contributed by atoms with Crippen molar-refractivity contribution in [3.63, 3.8) is 0 Å². The zero-order chi connectivity index (χ0) is 23.2. The molecule has 0 atom stereocenters. The van der Waals surface area contributed by atoms with Gasteiger partial charge in [0.05, 0.1) is 18.4 Å². The van der Waals surface area contributed by atoms with Crippen molar-refractivity contribution < 1.29 is 14.6 Å². The molecule has 2 N–H and O–H groups in total. The summed E-state index contributed by atoms with van der Waals surface area (Å²) in [7, 11) is 3.57. The molecular weight excluding hydrogens is 414 g/mol. The highest BCUT2D eigenvalue weighted by molar-refractivity contribution is 5.95. The fourth-order valence-corrected chi connectivity index (χ4v) is 4.21. The van der Waals surface area contributed by atoms with Crippen LogP contribution in [0.15, 0.2) is 66.7 Å². The first-order valence-corrected chi connectivity index (χ1v) is 11.4. The van der Waals surface area contributed by atoms with E-state index in [1.54, 1.807) is 12.1 Å². The number of rotatable bonds is 8. The fourth-order valence-electron chi connectivity index (χ4n) is 4.21. The van der Waals surface area contributed by atoms with Crippen LogP contribution in [0.1, 0.15) is 35.2 Å². The van der Waals surface area contributed by atoms with E-state index in [-0.39, 0.29) is 5.56 Å². The van der Waals surface area contributed by atoms with Gasteiger partial charge in [0.1, 0.15) is 5.75 Å². The van der Waals surface area contributed by atoms with E-state index in [4.69, 9.17) is 4.74 Å². The molecule has 3 aromatic carbocycles. The fraction of sp³-hybridized carbons (Fsp3) is 0.296. The van der Waals surface area contributed by atoms with Crippen LogP contribution in [-0.4, -0.2) is 43.2 Å². The third-order valence-corrected chi connectivity index (χ3v) is 6.17. The molecule has 4 rings (SSSR count). The molecule has 0 aliphatic carbocycles. The summed E-state index contributed by atoms with van der Waals surface area (Å²) in [4.78, 5) is 16.3. The van der Waals surface area contributed by atoms with Gasteiger partial charge >= 0.3 is 5.97 Å². The number of piperidine rings is 1. The van der Waals surface area contributed by atoms with Crippen molar-refractivity contribution in [1.29, 1.82) is 0 Å². The topological polar surface area (TPSA) is 65.0 Å². The lowest BCUT2D eigenvalue weighted by molar-refractivity contribution is 0.0697. The average Bonchev–Trinajstić information content (AvgIpc) is 2.85.